The number of hydrogen-bond acceptors (Lipinski definition) is 3. The summed E-state index contributed by atoms with van der Waals surface area (Å²) in [5.41, 5.74) is 0.435. The molecule has 0 aliphatic carbocycles. The van der Waals surface area contributed by atoms with Crippen molar-refractivity contribution in [1.29, 1.82) is 0 Å². The first-order valence-corrected chi connectivity index (χ1v) is 4.10. The average Bonchev–Trinajstić information content (AvgIpc) is 2.13. The number of aliphatic carboxylic acids is 1. The molecule has 0 saturated carbocycles. The highest BCUT2D eigenvalue weighted by molar-refractivity contribution is 5.79. The molecule has 1 unspecified atom stereocenters. The molecule has 1 rings (SSSR count). The quantitative estimate of drug-likeness (QED) is 0.705. The maximum atomic E-state index is 10.8. The van der Waals surface area contributed by atoms with Crippen LogP contribution in [0.2, 0.25) is 0 Å². The Kier molecular flexibility index (Phi) is 3.23. The number of rotatable bonds is 4. The van der Waals surface area contributed by atoms with Crippen LogP contribution >= 0.6 is 0 Å². The monoisotopic (exact) mass is 194 g/mol. The van der Waals surface area contributed by atoms with E-state index in [1.54, 1.807) is 12.1 Å². The molecular weight excluding hydrogens is 184 g/mol. The molecule has 0 radical (unpaired) electrons. The second-order valence-electron chi connectivity index (χ2n) is 2.89. The fourth-order valence-corrected chi connectivity index (χ4v) is 1.22. The van der Waals surface area contributed by atoms with E-state index in [0.717, 1.165) is 0 Å². The van der Waals surface area contributed by atoms with Crippen LogP contribution in [-0.4, -0.2) is 22.5 Å². The number of aromatic hydroxyl groups is 1. The third kappa shape index (κ3) is 2.32. The Morgan fingerprint density at radius 2 is 2.21 bits per heavy atom. The highest BCUT2D eigenvalue weighted by Crippen LogP contribution is 2.22. The minimum atomic E-state index is -1.07. The van der Waals surface area contributed by atoms with E-state index in [0.29, 0.717) is 11.8 Å². The van der Waals surface area contributed by atoms with Crippen molar-refractivity contribution in [1.82, 2.24) is 0 Å². The van der Waals surface area contributed by atoms with Gasteiger partial charge in [0.1, 0.15) is 12.0 Å². The van der Waals surface area contributed by atoms with E-state index in [1.807, 2.05) is 0 Å². The lowest BCUT2D eigenvalue weighted by atomic mass is 9.96. The molecule has 0 amide bonds. The van der Waals surface area contributed by atoms with Gasteiger partial charge in [-0.05, 0) is 17.7 Å². The van der Waals surface area contributed by atoms with Crippen molar-refractivity contribution in [2.45, 2.75) is 12.3 Å². The van der Waals surface area contributed by atoms with Gasteiger partial charge >= 0.3 is 5.97 Å². The van der Waals surface area contributed by atoms with Crippen LogP contribution in [0.3, 0.4) is 0 Å². The van der Waals surface area contributed by atoms with Gasteiger partial charge in [0.25, 0.3) is 0 Å². The molecule has 0 bridgehead atoms. The van der Waals surface area contributed by atoms with Gasteiger partial charge in [-0.2, -0.15) is 0 Å². The van der Waals surface area contributed by atoms with Gasteiger partial charge in [-0.15, -0.1) is 0 Å². The smallest absolute Gasteiger partial charge is 0.311 e. The van der Waals surface area contributed by atoms with Crippen molar-refractivity contribution in [2.24, 2.45) is 0 Å². The van der Waals surface area contributed by atoms with E-state index in [1.165, 1.54) is 12.1 Å². The fourth-order valence-electron chi connectivity index (χ4n) is 1.22. The molecule has 1 aromatic carbocycles. The summed E-state index contributed by atoms with van der Waals surface area (Å²) in [5, 5.41) is 17.9. The van der Waals surface area contributed by atoms with E-state index < -0.39 is 11.9 Å². The molecule has 0 spiro atoms. The molecule has 0 fully saturated rings. The molecule has 0 heterocycles. The van der Waals surface area contributed by atoms with Gasteiger partial charge in [0.05, 0.1) is 5.92 Å². The van der Waals surface area contributed by atoms with Crippen LogP contribution in [-0.2, 0) is 9.59 Å². The first-order valence-electron chi connectivity index (χ1n) is 4.10. The maximum absolute atomic E-state index is 10.8. The van der Waals surface area contributed by atoms with Crippen molar-refractivity contribution in [2.75, 3.05) is 0 Å². The second-order valence-corrected chi connectivity index (χ2v) is 2.89. The molecule has 74 valence electrons. The van der Waals surface area contributed by atoms with Crippen LogP contribution in [0.4, 0.5) is 0 Å². The number of phenols is 1. The predicted octanol–water partition coefficient (Wildman–Crippen LogP) is 1.15. The lowest BCUT2D eigenvalue weighted by Gasteiger charge is -2.08. The van der Waals surface area contributed by atoms with Crippen LogP contribution in [0.15, 0.2) is 24.3 Å². The summed E-state index contributed by atoms with van der Waals surface area (Å²) < 4.78 is 0. The maximum Gasteiger partial charge on any atom is 0.311 e. The van der Waals surface area contributed by atoms with Crippen molar-refractivity contribution < 1.29 is 19.8 Å². The standard InChI is InChI=1S/C10H10O4/c11-5-4-9(10(13)14)7-2-1-3-8(12)6-7/h1-3,5-6,9,12H,4H2,(H,13,14). The SMILES string of the molecule is O=CCC(C(=O)O)c1cccc(O)c1. The first kappa shape index (κ1) is 10.2. The van der Waals surface area contributed by atoms with Crippen LogP contribution in [0.5, 0.6) is 5.75 Å². The topological polar surface area (TPSA) is 74.6 Å². The number of phenolic OH excluding ortho intramolecular Hbond substituents is 1. The molecule has 1 aromatic rings. The lowest BCUT2D eigenvalue weighted by Crippen LogP contribution is -2.11. The normalized spacial score (nSPS) is 12.0. The third-order valence-corrected chi connectivity index (χ3v) is 1.90. The highest BCUT2D eigenvalue weighted by Gasteiger charge is 2.19. The van der Waals surface area contributed by atoms with Gasteiger partial charge in [-0.25, -0.2) is 0 Å². The molecule has 0 aliphatic rings. The molecule has 0 saturated heterocycles. The van der Waals surface area contributed by atoms with E-state index in [4.69, 9.17) is 10.2 Å². The second kappa shape index (κ2) is 4.41. The molecule has 0 aromatic heterocycles. The Labute approximate surface area is 80.8 Å². The molecule has 4 heteroatoms. The molecule has 0 aliphatic heterocycles. The minimum absolute atomic E-state index is 0.000325. The minimum Gasteiger partial charge on any atom is -0.508 e. The fraction of sp³-hybridized carbons (Fsp3) is 0.200. The summed E-state index contributed by atoms with van der Waals surface area (Å²) in [6.45, 7) is 0. The van der Waals surface area contributed by atoms with Gasteiger partial charge in [-0.3, -0.25) is 4.79 Å². The lowest BCUT2D eigenvalue weighted by molar-refractivity contribution is -0.139. The predicted molar refractivity (Wildman–Crippen MR) is 49.2 cm³/mol. The summed E-state index contributed by atoms with van der Waals surface area (Å²) in [5.74, 6) is -1.94. The summed E-state index contributed by atoms with van der Waals surface area (Å²) >= 11 is 0. The number of aldehydes is 1. The molecule has 14 heavy (non-hydrogen) atoms. The number of carbonyl (C=O) groups excluding carboxylic acids is 1. The van der Waals surface area contributed by atoms with Gasteiger partial charge in [-0.1, -0.05) is 12.1 Å². The summed E-state index contributed by atoms with van der Waals surface area (Å²) in [7, 11) is 0. The van der Waals surface area contributed by atoms with E-state index >= 15 is 0 Å². The van der Waals surface area contributed by atoms with Crippen molar-refractivity contribution in [3.05, 3.63) is 29.8 Å². The molecule has 4 nitrogen and oxygen atoms in total. The third-order valence-electron chi connectivity index (χ3n) is 1.90. The number of benzene rings is 1. The van der Waals surface area contributed by atoms with Crippen molar-refractivity contribution in [3.63, 3.8) is 0 Å². The largest absolute Gasteiger partial charge is 0.508 e. The highest BCUT2D eigenvalue weighted by atomic mass is 16.4. The first-order chi connectivity index (χ1) is 6.65. The summed E-state index contributed by atoms with van der Waals surface area (Å²) in [6, 6.07) is 5.92. The Balaban J connectivity index is 2.98. The number of carboxylic acid groups (broad SMARTS) is 1. The van der Waals surface area contributed by atoms with Gasteiger partial charge in [0, 0.05) is 6.42 Å². The van der Waals surface area contributed by atoms with Crippen LogP contribution < -0.4 is 0 Å². The van der Waals surface area contributed by atoms with Crippen molar-refractivity contribution in [3.8, 4) is 5.75 Å². The van der Waals surface area contributed by atoms with E-state index in [2.05, 4.69) is 0 Å². The Morgan fingerprint density at radius 3 is 2.71 bits per heavy atom. The number of carboxylic acids is 1. The Hall–Kier alpha value is -1.84. The van der Waals surface area contributed by atoms with E-state index in [9.17, 15) is 9.59 Å². The zero-order valence-electron chi connectivity index (χ0n) is 7.38. The molecular formula is C10H10O4. The Bertz CT molecular complexity index is 346. The van der Waals surface area contributed by atoms with Gasteiger partial charge in [0.2, 0.25) is 0 Å². The van der Waals surface area contributed by atoms with Crippen LogP contribution in [0, 0.1) is 0 Å². The summed E-state index contributed by atoms with van der Waals surface area (Å²) in [4.78, 5) is 21.0. The van der Waals surface area contributed by atoms with Gasteiger partial charge in [0.15, 0.2) is 0 Å². The molecule has 1 atom stereocenters. The molecule has 2 N–H and O–H groups in total. The zero-order chi connectivity index (χ0) is 10.6. The van der Waals surface area contributed by atoms with Gasteiger partial charge < -0.3 is 15.0 Å². The Morgan fingerprint density at radius 1 is 1.50 bits per heavy atom. The number of hydrogen-bond donors (Lipinski definition) is 2. The number of carbonyl (C=O) groups is 2. The zero-order valence-corrected chi connectivity index (χ0v) is 7.38. The van der Waals surface area contributed by atoms with Crippen molar-refractivity contribution >= 4 is 12.3 Å². The van der Waals surface area contributed by atoms with Crippen LogP contribution in [0.25, 0.3) is 0 Å². The van der Waals surface area contributed by atoms with Crippen LogP contribution in [0.1, 0.15) is 17.9 Å². The summed E-state index contributed by atoms with van der Waals surface area (Å²) in [6.07, 6.45) is 0.474. The average molecular weight is 194 g/mol. The van der Waals surface area contributed by atoms with E-state index in [-0.39, 0.29) is 12.2 Å².